The van der Waals surface area contributed by atoms with Crippen LogP contribution in [0.1, 0.15) is 25.1 Å². The molecule has 5 heteroatoms. The fraction of sp³-hybridized carbons (Fsp3) is 0.800. The lowest BCUT2D eigenvalue weighted by molar-refractivity contribution is 0.479. The van der Waals surface area contributed by atoms with Crippen molar-refractivity contribution >= 4 is 11.6 Å². The molecule has 1 saturated carbocycles. The van der Waals surface area contributed by atoms with Crippen LogP contribution in [0.4, 0.5) is 0 Å². The Morgan fingerprint density at radius 2 is 2.47 bits per heavy atom. The summed E-state index contributed by atoms with van der Waals surface area (Å²) in [6, 6.07) is 0. The quantitative estimate of drug-likeness (QED) is 0.791. The molecule has 2 rings (SSSR count). The summed E-state index contributed by atoms with van der Waals surface area (Å²) in [5, 5.41) is 7.83. The summed E-state index contributed by atoms with van der Waals surface area (Å²) in [4.78, 5) is 4.16. The summed E-state index contributed by atoms with van der Waals surface area (Å²) < 4.78 is 1.80. The van der Waals surface area contributed by atoms with Gasteiger partial charge < -0.3 is 5.32 Å². The van der Waals surface area contributed by atoms with Crippen LogP contribution < -0.4 is 5.32 Å². The molecule has 1 aliphatic carbocycles. The first-order chi connectivity index (χ1) is 7.25. The van der Waals surface area contributed by atoms with E-state index >= 15 is 0 Å². The summed E-state index contributed by atoms with van der Waals surface area (Å²) in [5.41, 5.74) is 0. The Hall–Kier alpha value is -0.610. The first-order valence-electron chi connectivity index (χ1n) is 5.43. The van der Waals surface area contributed by atoms with Gasteiger partial charge in [0.15, 0.2) is 0 Å². The Bertz CT molecular complexity index is 312. The van der Waals surface area contributed by atoms with Crippen molar-refractivity contribution in [2.75, 3.05) is 6.54 Å². The van der Waals surface area contributed by atoms with E-state index in [0.29, 0.717) is 5.38 Å². The molecule has 1 aliphatic rings. The van der Waals surface area contributed by atoms with Crippen LogP contribution in [0.3, 0.4) is 0 Å². The van der Waals surface area contributed by atoms with Crippen LogP contribution in [0.2, 0.25) is 0 Å². The average Bonchev–Trinajstić information content (AvgIpc) is 2.77. The highest BCUT2D eigenvalue weighted by Crippen LogP contribution is 2.28. The van der Waals surface area contributed by atoms with Gasteiger partial charge in [-0.1, -0.05) is 0 Å². The molecule has 15 heavy (non-hydrogen) atoms. The molecule has 84 valence electrons. The van der Waals surface area contributed by atoms with E-state index in [4.69, 9.17) is 11.6 Å². The lowest BCUT2D eigenvalue weighted by Gasteiger charge is -2.09. The Morgan fingerprint density at radius 3 is 3.07 bits per heavy atom. The van der Waals surface area contributed by atoms with Crippen LogP contribution in [0.25, 0.3) is 0 Å². The largest absolute Gasteiger partial charge is 0.310 e. The smallest absolute Gasteiger partial charge is 0.140 e. The van der Waals surface area contributed by atoms with Crippen molar-refractivity contribution < 1.29 is 0 Å². The first kappa shape index (κ1) is 10.9. The Labute approximate surface area is 95.0 Å². The minimum Gasteiger partial charge on any atom is -0.310 e. The van der Waals surface area contributed by atoms with Crippen LogP contribution in [0, 0.1) is 5.92 Å². The second kappa shape index (κ2) is 4.94. The van der Waals surface area contributed by atoms with E-state index in [-0.39, 0.29) is 0 Å². The van der Waals surface area contributed by atoms with Gasteiger partial charge in [0, 0.05) is 12.4 Å². The number of nitrogens with one attached hydrogen (secondary N) is 1. The van der Waals surface area contributed by atoms with Gasteiger partial charge in [-0.15, -0.1) is 11.6 Å². The Morgan fingerprint density at radius 1 is 1.60 bits per heavy atom. The monoisotopic (exact) mass is 228 g/mol. The summed E-state index contributed by atoms with van der Waals surface area (Å²) in [6.07, 6.45) is 5.15. The van der Waals surface area contributed by atoms with Gasteiger partial charge in [0.2, 0.25) is 0 Å². The third-order valence-electron chi connectivity index (χ3n) is 3.00. The molecule has 0 bridgehead atoms. The van der Waals surface area contributed by atoms with Crippen molar-refractivity contribution in [1.82, 2.24) is 20.1 Å². The van der Waals surface area contributed by atoms with Crippen LogP contribution in [0.5, 0.6) is 0 Å². The van der Waals surface area contributed by atoms with Gasteiger partial charge in [-0.2, -0.15) is 5.10 Å². The van der Waals surface area contributed by atoms with Crippen molar-refractivity contribution in [3.05, 3.63) is 12.2 Å². The predicted molar refractivity (Wildman–Crippen MR) is 59.7 cm³/mol. The molecule has 2 unspecified atom stereocenters. The zero-order chi connectivity index (χ0) is 10.7. The van der Waals surface area contributed by atoms with Gasteiger partial charge in [-0.05, 0) is 31.7 Å². The van der Waals surface area contributed by atoms with E-state index in [1.165, 1.54) is 6.42 Å². The predicted octanol–water partition coefficient (Wildman–Crippen LogP) is 1.31. The number of hydrogen-bond donors (Lipinski definition) is 1. The lowest BCUT2D eigenvalue weighted by atomic mass is 10.1. The maximum Gasteiger partial charge on any atom is 0.140 e. The van der Waals surface area contributed by atoms with Crippen molar-refractivity contribution in [3.63, 3.8) is 0 Å². The Balaban J connectivity index is 1.69. The van der Waals surface area contributed by atoms with Gasteiger partial charge in [-0.3, -0.25) is 4.68 Å². The molecule has 4 nitrogen and oxygen atoms in total. The van der Waals surface area contributed by atoms with Gasteiger partial charge >= 0.3 is 0 Å². The van der Waals surface area contributed by atoms with E-state index in [1.54, 1.807) is 11.0 Å². The summed E-state index contributed by atoms with van der Waals surface area (Å²) in [7, 11) is 1.91. The number of hydrogen-bond acceptors (Lipinski definition) is 3. The number of rotatable bonds is 4. The van der Waals surface area contributed by atoms with Crippen LogP contribution in [-0.2, 0) is 13.6 Å². The highest BCUT2D eigenvalue weighted by Gasteiger charge is 2.22. The molecular weight excluding hydrogens is 212 g/mol. The summed E-state index contributed by atoms with van der Waals surface area (Å²) in [6.45, 7) is 1.83. The van der Waals surface area contributed by atoms with Gasteiger partial charge in [0.1, 0.15) is 12.2 Å². The topological polar surface area (TPSA) is 42.7 Å². The molecule has 0 spiro atoms. The molecule has 0 amide bonds. The number of nitrogens with zero attached hydrogens (tertiary/aromatic N) is 3. The van der Waals surface area contributed by atoms with Crippen molar-refractivity contribution in [3.8, 4) is 0 Å². The minimum absolute atomic E-state index is 0.395. The molecule has 1 aromatic rings. The first-order valence-corrected chi connectivity index (χ1v) is 5.87. The molecule has 0 aliphatic heterocycles. The van der Waals surface area contributed by atoms with Crippen LogP contribution >= 0.6 is 11.6 Å². The SMILES string of the molecule is Cn1ncnc1CNCC1CCC(Cl)C1. The van der Waals surface area contributed by atoms with E-state index < -0.39 is 0 Å². The van der Waals surface area contributed by atoms with Crippen LogP contribution in [0.15, 0.2) is 6.33 Å². The van der Waals surface area contributed by atoms with Gasteiger partial charge in [-0.25, -0.2) is 4.98 Å². The molecule has 1 heterocycles. The standard InChI is InChI=1S/C10H17ClN4/c1-15-10(13-7-14-15)6-12-5-8-2-3-9(11)4-8/h7-9,12H,2-6H2,1H3. The molecule has 0 radical (unpaired) electrons. The van der Waals surface area contributed by atoms with E-state index in [1.807, 2.05) is 7.05 Å². The highest BCUT2D eigenvalue weighted by atomic mass is 35.5. The molecule has 0 aromatic carbocycles. The zero-order valence-corrected chi connectivity index (χ0v) is 9.74. The molecule has 1 fully saturated rings. The van der Waals surface area contributed by atoms with E-state index in [9.17, 15) is 0 Å². The van der Waals surface area contributed by atoms with Gasteiger partial charge in [0.05, 0.1) is 6.54 Å². The van der Waals surface area contributed by atoms with Crippen molar-refractivity contribution in [1.29, 1.82) is 0 Å². The average molecular weight is 229 g/mol. The number of aryl methyl sites for hydroxylation is 1. The number of halogens is 1. The van der Waals surface area contributed by atoms with Crippen molar-refractivity contribution in [2.24, 2.45) is 13.0 Å². The number of aromatic nitrogens is 3. The fourth-order valence-corrected chi connectivity index (χ4v) is 2.45. The highest BCUT2D eigenvalue weighted by molar-refractivity contribution is 6.20. The maximum absolute atomic E-state index is 6.06. The Kier molecular flexibility index (Phi) is 3.59. The van der Waals surface area contributed by atoms with E-state index in [2.05, 4.69) is 15.4 Å². The minimum atomic E-state index is 0.395. The second-order valence-electron chi connectivity index (χ2n) is 4.21. The summed E-state index contributed by atoms with van der Waals surface area (Å²) in [5.74, 6) is 1.72. The third kappa shape index (κ3) is 2.92. The molecule has 1 aromatic heterocycles. The van der Waals surface area contributed by atoms with Gasteiger partial charge in [0.25, 0.3) is 0 Å². The number of alkyl halides is 1. The zero-order valence-electron chi connectivity index (χ0n) is 8.99. The molecule has 0 saturated heterocycles. The molecule has 1 N–H and O–H groups in total. The second-order valence-corrected chi connectivity index (χ2v) is 4.82. The maximum atomic E-state index is 6.06. The summed E-state index contributed by atoms with van der Waals surface area (Å²) >= 11 is 6.06. The van der Waals surface area contributed by atoms with E-state index in [0.717, 1.165) is 37.7 Å². The van der Waals surface area contributed by atoms with Crippen LogP contribution in [-0.4, -0.2) is 26.7 Å². The lowest BCUT2D eigenvalue weighted by Crippen LogP contribution is -2.22. The molecular formula is C10H17ClN4. The normalized spacial score (nSPS) is 26.0. The third-order valence-corrected chi connectivity index (χ3v) is 3.39. The van der Waals surface area contributed by atoms with Crippen molar-refractivity contribution in [2.45, 2.75) is 31.2 Å². The fourth-order valence-electron chi connectivity index (χ4n) is 2.07. The molecule has 2 atom stereocenters.